The molecule has 3 N–H and O–H groups in total. The van der Waals surface area contributed by atoms with Crippen LogP contribution in [-0.2, 0) is 7.05 Å². The fourth-order valence-corrected chi connectivity index (χ4v) is 2.61. The first-order chi connectivity index (χ1) is 8.91. The van der Waals surface area contributed by atoms with E-state index < -0.39 is 0 Å². The molecule has 1 aromatic rings. The summed E-state index contributed by atoms with van der Waals surface area (Å²) in [6.45, 7) is 3.81. The van der Waals surface area contributed by atoms with E-state index in [0.717, 1.165) is 19.3 Å². The molecular formula is C12H21N5O2. The molecule has 0 spiro atoms. The third-order valence-electron chi connectivity index (χ3n) is 3.67. The van der Waals surface area contributed by atoms with Gasteiger partial charge in [-0.05, 0) is 19.3 Å². The van der Waals surface area contributed by atoms with E-state index >= 15 is 0 Å². The summed E-state index contributed by atoms with van der Waals surface area (Å²) in [5, 5.41) is 18.8. The minimum Gasteiger partial charge on any atom is -0.360 e. The van der Waals surface area contributed by atoms with Crippen molar-refractivity contribution in [2.24, 2.45) is 12.8 Å². The third kappa shape index (κ3) is 2.56. The summed E-state index contributed by atoms with van der Waals surface area (Å²) in [7, 11) is 1.72. The average molecular weight is 267 g/mol. The zero-order valence-corrected chi connectivity index (χ0v) is 11.6. The molecule has 0 amide bonds. The molecule has 0 bridgehead atoms. The minimum atomic E-state index is -0.356. The lowest BCUT2D eigenvalue weighted by molar-refractivity contribution is -0.384. The van der Waals surface area contributed by atoms with Crippen LogP contribution in [0.4, 0.5) is 11.5 Å². The van der Waals surface area contributed by atoms with Crippen LogP contribution in [0.3, 0.4) is 0 Å². The number of hydrogen-bond acceptors (Lipinski definition) is 5. The Bertz CT molecular complexity index is 483. The summed E-state index contributed by atoms with van der Waals surface area (Å²) in [5.41, 5.74) is 6.60. The van der Waals surface area contributed by atoms with Crippen molar-refractivity contribution < 1.29 is 4.92 Å². The van der Waals surface area contributed by atoms with Crippen molar-refractivity contribution in [1.29, 1.82) is 0 Å². The second kappa shape index (κ2) is 5.16. The molecule has 2 unspecified atom stereocenters. The average Bonchev–Trinajstić information content (AvgIpc) is 2.85. The summed E-state index contributed by atoms with van der Waals surface area (Å²) in [4.78, 5) is 10.9. The molecule has 1 aliphatic rings. The number of nitrogens with zero attached hydrogens (tertiary/aromatic N) is 3. The van der Waals surface area contributed by atoms with Gasteiger partial charge in [0.25, 0.3) is 0 Å². The van der Waals surface area contributed by atoms with Crippen LogP contribution in [0.25, 0.3) is 0 Å². The van der Waals surface area contributed by atoms with Crippen LogP contribution in [0.1, 0.15) is 44.7 Å². The van der Waals surface area contributed by atoms with Gasteiger partial charge in [0.05, 0.1) is 4.92 Å². The van der Waals surface area contributed by atoms with E-state index in [9.17, 15) is 10.1 Å². The van der Waals surface area contributed by atoms with Gasteiger partial charge in [-0.15, -0.1) is 0 Å². The zero-order chi connectivity index (χ0) is 14.2. The van der Waals surface area contributed by atoms with Gasteiger partial charge in [-0.25, -0.2) is 4.68 Å². The Kier molecular flexibility index (Phi) is 3.75. The first-order valence-corrected chi connectivity index (χ1v) is 6.65. The van der Waals surface area contributed by atoms with E-state index in [1.165, 1.54) is 0 Å². The number of aromatic nitrogens is 2. The Balaban J connectivity index is 2.36. The molecular weight excluding hydrogens is 246 g/mol. The highest BCUT2D eigenvalue weighted by atomic mass is 16.6. The van der Waals surface area contributed by atoms with Gasteiger partial charge in [-0.2, -0.15) is 5.10 Å². The van der Waals surface area contributed by atoms with E-state index in [1.807, 2.05) is 13.8 Å². The second-order valence-electron chi connectivity index (χ2n) is 5.46. The second-order valence-corrected chi connectivity index (χ2v) is 5.46. The van der Waals surface area contributed by atoms with Gasteiger partial charge >= 0.3 is 5.69 Å². The smallest absolute Gasteiger partial charge is 0.334 e. The summed E-state index contributed by atoms with van der Waals surface area (Å²) < 4.78 is 1.55. The van der Waals surface area contributed by atoms with Crippen molar-refractivity contribution in [3.8, 4) is 0 Å². The minimum absolute atomic E-state index is 0.0133. The molecule has 1 heterocycles. The fraction of sp³-hybridized carbons (Fsp3) is 0.750. The number of aryl methyl sites for hydroxylation is 1. The van der Waals surface area contributed by atoms with Gasteiger partial charge < -0.3 is 11.1 Å². The lowest BCUT2D eigenvalue weighted by Gasteiger charge is -2.17. The predicted molar refractivity (Wildman–Crippen MR) is 73.2 cm³/mol. The van der Waals surface area contributed by atoms with Crippen molar-refractivity contribution in [3.05, 3.63) is 15.8 Å². The monoisotopic (exact) mass is 267 g/mol. The van der Waals surface area contributed by atoms with Crippen LogP contribution in [0, 0.1) is 10.1 Å². The molecule has 1 saturated carbocycles. The van der Waals surface area contributed by atoms with Crippen LogP contribution in [0.2, 0.25) is 0 Å². The molecule has 1 aromatic heterocycles. The molecule has 19 heavy (non-hydrogen) atoms. The van der Waals surface area contributed by atoms with Gasteiger partial charge in [0.15, 0.2) is 0 Å². The number of anilines is 1. The molecule has 7 nitrogen and oxygen atoms in total. The molecule has 1 aliphatic carbocycles. The van der Waals surface area contributed by atoms with Crippen molar-refractivity contribution in [2.75, 3.05) is 5.32 Å². The number of nitrogens with one attached hydrogen (secondary N) is 1. The maximum Gasteiger partial charge on any atom is 0.334 e. The highest BCUT2D eigenvalue weighted by Gasteiger charge is 2.32. The highest BCUT2D eigenvalue weighted by Crippen LogP contribution is 2.34. The Labute approximate surface area is 112 Å². The quantitative estimate of drug-likeness (QED) is 0.639. The van der Waals surface area contributed by atoms with Crippen molar-refractivity contribution in [1.82, 2.24) is 9.78 Å². The summed E-state index contributed by atoms with van der Waals surface area (Å²) in [6, 6.07) is 0.145. The molecule has 0 aliphatic heterocycles. The van der Waals surface area contributed by atoms with Crippen molar-refractivity contribution in [3.63, 3.8) is 0 Å². The van der Waals surface area contributed by atoms with Gasteiger partial charge in [0, 0.05) is 25.0 Å². The molecule has 0 saturated heterocycles. The van der Waals surface area contributed by atoms with E-state index in [-0.39, 0.29) is 28.6 Å². The normalized spacial score (nSPS) is 23.0. The van der Waals surface area contributed by atoms with Gasteiger partial charge in [-0.3, -0.25) is 10.1 Å². The van der Waals surface area contributed by atoms with Gasteiger partial charge in [0.1, 0.15) is 5.69 Å². The van der Waals surface area contributed by atoms with Gasteiger partial charge in [-0.1, -0.05) is 13.8 Å². The lowest BCUT2D eigenvalue weighted by atomic mass is 10.1. The predicted octanol–water partition coefficient (Wildman–Crippen LogP) is 1.74. The highest BCUT2D eigenvalue weighted by molar-refractivity contribution is 5.61. The lowest BCUT2D eigenvalue weighted by Crippen LogP contribution is -2.35. The zero-order valence-electron chi connectivity index (χ0n) is 11.6. The Morgan fingerprint density at radius 3 is 2.68 bits per heavy atom. The van der Waals surface area contributed by atoms with E-state index in [4.69, 9.17) is 5.73 Å². The molecule has 1 fully saturated rings. The number of hydrogen-bond donors (Lipinski definition) is 2. The largest absolute Gasteiger partial charge is 0.360 e. The van der Waals surface area contributed by atoms with E-state index in [1.54, 1.807) is 11.7 Å². The SMILES string of the molecule is CC(C)c1nn(C)c(NC2CCCC2N)c1[N+](=O)[O-]. The Hall–Kier alpha value is -1.63. The number of rotatable bonds is 4. The Morgan fingerprint density at radius 1 is 1.53 bits per heavy atom. The van der Waals surface area contributed by atoms with Crippen LogP contribution < -0.4 is 11.1 Å². The molecule has 7 heteroatoms. The number of nitro groups is 1. The number of nitrogens with two attached hydrogens (primary N) is 1. The molecule has 0 radical (unpaired) electrons. The topological polar surface area (TPSA) is 99.0 Å². The molecule has 0 aromatic carbocycles. The third-order valence-corrected chi connectivity index (χ3v) is 3.67. The standard InChI is InChI=1S/C12H21N5O2/c1-7(2)10-11(17(18)19)12(16(3)15-10)14-9-6-4-5-8(9)13/h7-9,14H,4-6,13H2,1-3H3. The molecule has 2 atom stereocenters. The van der Waals surface area contributed by atoms with Crippen molar-refractivity contribution >= 4 is 11.5 Å². The van der Waals surface area contributed by atoms with Crippen LogP contribution in [0.5, 0.6) is 0 Å². The molecule has 106 valence electrons. The van der Waals surface area contributed by atoms with Crippen LogP contribution in [-0.4, -0.2) is 26.8 Å². The maximum atomic E-state index is 11.3. The van der Waals surface area contributed by atoms with Crippen LogP contribution >= 0.6 is 0 Å². The van der Waals surface area contributed by atoms with Crippen LogP contribution in [0.15, 0.2) is 0 Å². The van der Waals surface area contributed by atoms with E-state index in [0.29, 0.717) is 11.5 Å². The summed E-state index contributed by atoms with van der Waals surface area (Å²) in [5.74, 6) is 0.482. The van der Waals surface area contributed by atoms with Crippen molar-refractivity contribution in [2.45, 2.75) is 51.1 Å². The van der Waals surface area contributed by atoms with Gasteiger partial charge in [0.2, 0.25) is 5.82 Å². The Morgan fingerprint density at radius 2 is 2.21 bits per heavy atom. The van der Waals surface area contributed by atoms with E-state index in [2.05, 4.69) is 10.4 Å². The first-order valence-electron chi connectivity index (χ1n) is 6.65. The fourth-order valence-electron chi connectivity index (χ4n) is 2.61. The maximum absolute atomic E-state index is 11.3. The molecule has 2 rings (SSSR count). The first kappa shape index (κ1) is 13.8. The summed E-state index contributed by atoms with van der Waals surface area (Å²) >= 11 is 0. The summed E-state index contributed by atoms with van der Waals surface area (Å²) in [6.07, 6.45) is 2.96.